The maximum atomic E-state index is 7.88. The Balaban J connectivity index is 0.000000464. The van der Waals surface area contributed by atoms with Gasteiger partial charge in [0.15, 0.2) is 0 Å². The second kappa shape index (κ2) is 15.5. The number of aliphatic hydroxyl groups excluding tert-OH is 2. The third-order valence-electron chi connectivity index (χ3n) is 2.51. The molecule has 0 fully saturated rings. The SMILES string of the molecule is C(=Cc1ccccc1)c1ccccc1.CCCO.CCCO. The van der Waals surface area contributed by atoms with Gasteiger partial charge < -0.3 is 10.2 Å². The number of rotatable bonds is 4. The van der Waals surface area contributed by atoms with Crippen molar-refractivity contribution in [1.82, 2.24) is 0 Å². The van der Waals surface area contributed by atoms with Crippen LogP contribution in [0.2, 0.25) is 0 Å². The van der Waals surface area contributed by atoms with Gasteiger partial charge in [0.1, 0.15) is 0 Å². The van der Waals surface area contributed by atoms with E-state index in [-0.39, 0.29) is 0 Å². The van der Waals surface area contributed by atoms with Crippen molar-refractivity contribution in [2.45, 2.75) is 26.7 Å². The zero-order valence-corrected chi connectivity index (χ0v) is 13.7. The molecule has 0 spiro atoms. The fourth-order valence-corrected chi connectivity index (χ4v) is 1.32. The molecule has 0 bridgehead atoms. The van der Waals surface area contributed by atoms with E-state index in [4.69, 9.17) is 10.2 Å². The molecule has 2 aromatic rings. The van der Waals surface area contributed by atoms with Crippen molar-refractivity contribution in [2.75, 3.05) is 13.2 Å². The Morgan fingerprint density at radius 1 is 0.636 bits per heavy atom. The molecule has 2 aromatic carbocycles. The van der Waals surface area contributed by atoms with Crippen LogP contribution in [0.4, 0.5) is 0 Å². The highest BCUT2D eigenvalue weighted by Crippen LogP contribution is 2.06. The van der Waals surface area contributed by atoms with Gasteiger partial charge in [-0.3, -0.25) is 0 Å². The average molecular weight is 300 g/mol. The van der Waals surface area contributed by atoms with Gasteiger partial charge in [0.2, 0.25) is 0 Å². The molecule has 0 radical (unpaired) electrons. The van der Waals surface area contributed by atoms with E-state index in [1.54, 1.807) is 0 Å². The van der Waals surface area contributed by atoms with E-state index in [1.807, 2.05) is 50.2 Å². The summed E-state index contributed by atoms with van der Waals surface area (Å²) in [7, 11) is 0. The van der Waals surface area contributed by atoms with E-state index in [2.05, 4.69) is 36.4 Å². The lowest BCUT2D eigenvalue weighted by molar-refractivity contribution is 0.294. The molecule has 120 valence electrons. The lowest BCUT2D eigenvalue weighted by Crippen LogP contribution is -1.70. The fraction of sp³-hybridized carbons (Fsp3) is 0.300. The molecule has 2 rings (SSSR count). The molecular formula is C20H28O2. The maximum absolute atomic E-state index is 7.88. The Morgan fingerprint density at radius 2 is 0.909 bits per heavy atom. The van der Waals surface area contributed by atoms with Crippen LogP contribution >= 0.6 is 0 Å². The van der Waals surface area contributed by atoms with Crippen LogP contribution in [-0.2, 0) is 0 Å². The predicted octanol–water partition coefficient (Wildman–Crippen LogP) is 4.63. The minimum absolute atomic E-state index is 0.319. The van der Waals surface area contributed by atoms with Crippen molar-refractivity contribution in [3.63, 3.8) is 0 Å². The molecular weight excluding hydrogens is 272 g/mol. The lowest BCUT2D eigenvalue weighted by atomic mass is 10.1. The van der Waals surface area contributed by atoms with Crippen molar-refractivity contribution in [2.24, 2.45) is 0 Å². The van der Waals surface area contributed by atoms with Crippen molar-refractivity contribution in [3.8, 4) is 0 Å². The molecule has 0 aromatic heterocycles. The first-order chi connectivity index (χ1) is 10.8. The van der Waals surface area contributed by atoms with E-state index in [0.29, 0.717) is 13.2 Å². The topological polar surface area (TPSA) is 40.5 Å². The molecule has 0 aliphatic heterocycles. The number of hydrogen-bond donors (Lipinski definition) is 2. The van der Waals surface area contributed by atoms with Crippen LogP contribution in [-0.4, -0.2) is 23.4 Å². The molecule has 0 unspecified atom stereocenters. The highest BCUT2D eigenvalue weighted by Gasteiger charge is 1.84. The van der Waals surface area contributed by atoms with E-state index < -0.39 is 0 Å². The van der Waals surface area contributed by atoms with Crippen LogP contribution < -0.4 is 0 Å². The van der Waals surface area contributed by atoms with Gasteiger partial charge in [0, 0.05) is 13.2 Å². The van der Waals surface area contributed by atoms with Crippen LogP contribution in [0.1, 0.15) is 37.8 Å². The Kier molecular flexibility index (Phi) is 14.2. The summed E-state index contributed by atoms with van der Waals surface area (Å²) in [5.74, 6) is 0. The van der Waals surface area contributed by atoms with Gasteiger partial charge in [-0.2, -0.15) is 0 Å². The number of hydrogen-bond acceptors (Lipinski definition) is 2. The summed E-state index contributed by atoms with van der Waals surface area (Å²) in [5.41, 5.74) is 2.47. The molecule has 2 nitrogen and oxygen atoms in total. The first-order valence-corrected chi connectivity index (χ1v) is 7.78. The smallest absolute Gasteiger partial charge is 0.0428 e. The van der Waals surface area contributed by atoms with Crippen LogP contribution in [0.3, 0.4) is 0 Å². The summed E-state index contributed by atoms with van der Waals surface area (Å²) in [6.45, 7) is 4.50. The predicted molar refractivity (Wildman–Crippen MR) is 96.6 cm³/mol. The highest BCUT2D eigenvalue weighted by atomic mass is 16.3. The van der Waals surface area contributed by atoms with Gasteiger partial charge in [-0.1, -0.05) is 86.7 Å². The Hall–Kier alpha value is -1.90. The van der Waals surface area contributed by atoms with Crippen molar-refractivity contribution in [3.05, 3.63) is 71.8 Å². The van der Waals surface area contributed by atoms with Gasteiger partial charge in [-0.15, -0.1) is 0 Å². The van der Waals surface area contributed by atoms with Crippen molar-refractivity contribution < 1.29 is 10.2 Å². The summed E-state index contributed by atoms with van der Waals surface area (Å²) in [4.78, 5) is 0. The molecule has 0 amide bonds. The average Bonchev–Trinajstić information content (AvgIpc) is 2.62. The Morgan fingerprint density at radius 3 is 1.14 bits per heavy atom. The minimum Gasteiger partial charge on any atom is -0.396 e. The zero-order chi connectivity index (χ0) is 16.5. The second-order valence-corrected chi connectivity index (χ2v) is 4.60. The van der Waals surface area contributed by atoms with Crippen LogP contribution in [0, 0.1) is 0 Å². The van der Waals surface area contributed by atoms with Gasteiger partial charge >= 0.3 is 0 Å². The van der Waals surface area contributed by atoms with E-state index in [1.165, 1.54) is 11.1 Å². The van der Waals surface area contributed by atoms with Crippen LogP contribution in [0.15, 0.2) is 60.7 Å². The summed E-state index contributed by atoms with van der Waals surface area (Å²) in [6.07, 6.45) is 5.99. The fourth-order valence-electron chi connectivity index (χ4n) is 1.32. The quantitative estimate of drug-likeness (QED) is 0.808. The molecule has 22 heavy (non-hydrogen) atoms. The summed E-state index contributed by atoms with van der Waals surface area (Å²) in [5, 5.41) is 15.8. The molecule has 0 heterocycles. The van der Waals surface area contributed by atoms with Crippen LogP contribution in [0.5, 0.6) is 0 Å². The standard InChI is InChI=1S/C14H12.2C3H8O/c1-3-7-13(8-4-1)11-12-14-9-5-2-6-10-14;2*1-2-3-4/h1-12H;2*4H,2-3H2,1H3. The first kappa shape index (κ1) is 20.1. The van der Waals surface area contributed by atoms with Crippen molar-refractivity contribution in [1.29, 1.82) is 0 Å². The van der Waals surface area contributed by atoms with Gasteiger partial charge in [-0.05, 0) is 24.0 Å². The third-order valence-corrected chi connectivity index (χ3v) is 2.51. The van der Waals surface area contributed by atoms with Gasteiger partial charge in [0.25, 0.3) is 0 Å². The van der Waals surface area contributed by atoms with Crippen LogP contribution in [0.25, 0.3) is 12.2 Å². The highest BCUT2D eigenvalue weighted by molar-refractivity contribution is 5.69. The van der Waals surface area contributed by atoms with E-state index in [9.17, 15) is 0 Å². The van der Waals surface area contributed by atoms with E-state index in [0.717, 1.165) is 12.8 Å². The van der Waals surface area contributed by atoms with E-state index >= 15 is 0 Å². The molecule has 0 aliphatic rings. The summed E-state index contributed by atoms with van der Waals surface area (Å²) < 4.78 is 0. The Labute approximate surface area is 134 Å². The Bertz CT molecular complexity index is 414. The molecule has 0 saturated heterocycles. The van der Waals surface area contributed by atoms with Gasteiger partial charge in [-0.25, -0.2) is 0 Å². The van der Waals surface area contributed by atoms with Crippen molar-refractivity contribution >= 4 is 12.2 Å². The summed E-state index contributed by atoms with van der Waals surface area (Å²) >= 11 is 0. The lowest BCUT2D eigenvalue weighted by Gasteiger charge is -1.92. The molecule has 2 heteroatoms. The molecule has 0 atom stereocenters. The second-order valence-electron chi connectivity index (χ2n) is 4.60. The molecule has 2 N–H and O–H groups in total. The molecule has 0 saturated carbocycles. The summed E-state index contributed by atoms with van der Waals surface area (Å²) in [6, 6.07) is 20.6. The third kappa shape index (κ3) is 11.9. The normalized spacial score (nSPS) is 9.45. The zero-order valence-electron chi connectivity index (χ0n) is 13.7. The largest absolute Gasteiger partial charge is 0.396 e. The first-order valence-electron chi connectivity index (χ1n) is 7.78. The number of benzene rings is 2. The monoisotopic (exact) mass is 300 g/mol. The minimum atomic E-state index is 0.319. The van der Waals surface area contributed by atoms with Gasteiger partial charge in [0.05, 0.1) is 0 Å². The number of aliphatic hydroxyl groups is 2. The maximum Gasteiger partial charge on any atom is 0.0428 e. The molecule has 0 aliphatic carbocycles.